The first-order valence-electron chi connectivity index (χ1n) is 11.6. The van der Waals surface area contributed by atoms with E-state index in [0.717, 1.165) is 30.2 Å². The summed E-state index contributed by atoms with van der Waals surface area (Å²) in [6.07, 6.45) is 6.10. The van der Waals surface area contributed by atoms with Crippen LogP contribution in [-0.2, 0) is 11.3 Å². The lowest BCUT2D eigenvalue weighted by Crippen LogP contribution is -1.94. The largest absolute Gasteiger partial charge is 0.392 e. The minimum atomic E-state index is -0.00750. The van der Waals surface area contributed by atoms with Crippen LogP contribution in [0.1, 0.15) is 46.8 Å². The predicted octanol–water partition coefficient (Wildman–Crippen LogP) is 6.38. The highest BCUT2D eigenvalue weighted by molar-refractivity contribution is 9.10. The summed E-state index contributed by atoms with van der Waals surface area (Å²) in [5, 5.41) is 17.5. The second-order valence-electron chi connectivity index (χ2n) is 8.37. The van der Waals surface area contributed by atoms with Gasteiger partial charge in [-0.15, -0.1) is 0 Å². The van der Waals surface area contributed by atoms with Crippen molar-refractivity contribution in [1.82, 2.24) is 19.6 Å². The highest BCUT2D eigenvalue weighted by Crippen LogP contribution is 2.19. The monoisotopic (exact) mass is 616 g/mol. The number of aliphatic hydroxyl groups is 1. The summed E-state index contributed by atoms with van der Waals surface area (Å²) in [6, 6.07) is 16.0. The number of aryl methyl sites for hydroxylation is 2. The van der Waals surface area contributed by atoms with Crippen molar-refractivity contribution in [1.29, 1.82) is 0 Å². The molecule has 0 saturated carbocycles. The van der Waals surface area contributed by atoms with Gasteiger partial charge in [-0.3, -0.25) is 4.79 Å². The molecular weight excluding hydrogens is 588 g/mol. The molecule has 7 nitrogen and oxygen atoms in total. The number of rotatable bonds is 4. The Morgan fingerprint density at radius 1 is 0.861 bits per heavy atom. The van der Waals surface area contributed by atoms with Crippen LogP contribution in [0.3, 0.4) is 0 Å². The zero-order valence-electron chi connectivity index (χ0n) is 20.6. The molecule has 190 valence electrons. The number of carbonyl (C=O) groups is 1. The fourth-order valence-electron chi connectivity index (χ4n) is 3.25. The number of carbonyl (C=O) groups excluding carboxylic acids is 1. The third-order valence-corrected chi connectivity index (χ3v) is 6.64. The molecule has 2 aromatic heterocycles. The Morgan fingerprint density at radius 3 is 1.69 bits per heavy atom. The summed E-state index contributed by atoms with van der Waals surface area (Å²) in [6.45, 7) is 7.60. The molecule has 4 aromatic rings. The van der Waals surface area contributed by atoms with E-state index in [0.29, 0.717) is 14.8 Å². The molecule has 3 heterocycles. The van der Waals surface area contributed by atoms with Crippen LogP contribution in [0.15, 0.2) is 70.1 Å². The smallest absolute Gasteiger partial charge is 0.164 e. The van der Waals surface area contributed by atoms with Crippen LogP contribution in [0.2, 0.25) is 0 Å². The highest BCUT2D eigenvalue weighted by atomic mass is 79.9. The van der Waals surface area contributed by atoms with Gasteiger partial charge in [0, 0.05) is 31.2 Å². The standard InChI is InChI=1S/C12H11BrN2O.C11H11BrN2O.C4H8O/c1-8-3-5-10(6-4-8)15-7-11(9(2)16)12(13)14-15;1-8-2-4-10(5-3-8)14-6-9(7-15)11(12)13-14;1-2-4-5-3-1/h3-7H,1-2H3;2-6,15H,7H2,1H3;1-4H2. The lowest BCUT2D eigenvalue weighted by Gasteiger charge is -2.00. The fourth-order valence-corrected chi connectivity index (χ4v) is 4.20. The van der Waals surface area contributed by atoms with Crippen LogP contribution < -0.4 is 0 Å². The topological polar surface area (TPSA) is 82.2 Å². The number of hydrogen-bond donors (Lipinski definition) is 1. The summed E-state index contributed by atoms with van der Waals surface area (Å²) in [4.78, 5) is 11.3. The van der Waals surface area contributed by atoms with Gasteiger partial charge >= 0.3 is 0 Å². The van der Waals surface area contributed by atoms with E-state index in [1.807, 2.05) is 68.6 Å². The molecule has 0 aliphatic carbocycles. The van der Waals surface area contributed by atoms with E-state index in [9.17, 15) is 4.79 Å². The molecule has 0 radical (unpaired) electrons. The average Bonchev–Trinajstić information content (AvgIpc) is 3.63. The molecule has 0 bridgehead atoms. The van der Waals surface area contributed by atoms with E-state index in [4.69, 9.17) is 9.84 Å². The van der Waals surface area contributed by atoms with Gasteiger partial charge in [-0.1, -0.05) is 35.4 Å². The number of nitrogens with zero attached hydrogens (tertiary/aromatic N) is 4. The Balaban J connectivity index is 0.000000168. The molecule has 1 fully saturated rings. The molecule has 1 saturated heterocycles. The number of halogens is 2. The maximum Gasteiger partial charge on any atom is 0.164 e. The number of ether oxygens (including phenoxy) is 1. The second kappa shape index (κ2) is 13.6. The molecule has 0 amide bonds. The van der Waals surface area contributed by atoms with Crippen molar-refractivity contribution < 1.29 is 14.6 Å². The van der Waals surface area contributed by atoms with Gasteiger partial charge in [-0.25, -0.2) is 9.36 Å². The van der Waals surface area contributed by atoms with E-state index in [1.54, 1.807) is 15.6 Å². The van der Waals surface area contributed by atoms with Gasteiger partial charge in [0.2, 0.25) is 0 Å². The molecule has 9 heteroatoms. The summed E-state index contributed by atoms with van der Waals surface area (Å²) in [7, 11) is 0. The van der Waals surface area contributed by atoms with Crippen LogP contribution in [0.4, 0.5) is 0 Å². The molecule has 1 aliphatic rings. The van der Waals surface area contributed by atoms with E-state index < -0.39 is 0 Å². The van der Waals surface area contributed by atoms with Crippen molar-refractivity contribution in [2.75, 3.05) is 13.2 Å². The van der Waals surface area contributed by atoms with Crippen LogP contribution in [0, 0.1) is 13.8 Å². The van der Waals surface area contributed by atoms with Crippen LogP contribution in [0.25, 0.3) is 11.4 Å². The fraction of sp³-hybridized carbons (Fsp3) is 0.296. The molecule has 2 aromatic carbocycles. The third-order valence-electron chi connectivity index (χ3n) is 5.38. The molecule has 1 aliphatic heterocycles. The summed E-state index contributed by atoms with van der Waals surface area (Å²) < 4.78 is 9.65. The SMILES string of the molecule is C1CCOC1.CC(=O)c1cn(-c2ccc(C)cc2)nc1Br.Cc1ccc(-n2cc(CO)c(Br)n2)cc1. The van der Waals surface area contributed by atoms with E-state index in [2.05, 4.69) is 42.1 Å². The number of ketones is 1. The van der Waals surface area contributed by atoms with Gasteiger partial charge < -0.3 is 9.84 Å². The predicted molar refractivity (Wildman–Crippen MR) is 148 cm³/mol. The van der Waals surface area contributed by atoms with Crippen molar-refractivity contribution in [3.63, 3.8) is 0 Å². The second-order valence-corrected chi connectivity index (χ2v) is 9.88. The first-order valence-corrected chi connectivity index (χ1v) is 13.2. The summed E-state index contributed by atoms with van der Waals surface area (Å²) in [5.41, 5.74) is 5.73. The Hall–Kier alpha value is -2.59. The normalized spacial score (nSPS) is 12.4. The molecule has 36 heavy (non-hydrogen) atoms. The number of hydrogen-bond acceptors (Lipinski definition) is 5. The van der Waals surface area contributed by atoms with E-state index in [1.165, 1.54) is 30.9 Å². The van der Waals surface area contributed by atoms with Crippen LogP contribution in [0.5, 0.6) is 0 Å². The molecule has 0 unspecified atom stereocenters. The Kier molecular flexibility index (Phi) is 10.6. The lowest BCUT2D eigenvalue weighted by molar-refractivity contribution is 0.101. The number of Topliss-reactive ketones (excluding diaryl/α,β-unsaturated/α-hetero) is 1. The molecule has 0 spiro atoms. The van der Waals surface area contributed by atoms with Crippen molar-refractivity contribution in [2.24, 2.45) is 0 Å². The van der Waals surface area contributed by atoms with Gasteiger partial charge in [-0.2, -0.15) is 10.2 Å². The minimum Gasteiger partial charge on any atom is -0.392 e. The Labute approximate surface area is 228 Å². The van der Waals surface area contributed by atoms with Gasteiger partial charge in [0.1, 0.15) is 9.21 Å². The van der Waals surface area contributed by atoms with Gasteiger partial charge in [-0.05, 0) is 89.7 Å². The highest BCUT2D eigenvalue weighted by Gasteiger charge is 2.11. The quantitative estimate of drug-likeness (QED) is 0.269. The minimum absolute atomic E-state index is 0.00485. The maximum absolute atomic E-state index is 11.3. The van der Waals surface area contributed by atoms with E-state index in [-0.39, 0.29) is 12.4 Å². The van der Waals surface area contributed by atoms with Crippen molar-refractivity contribution in [3.8, 4) is 11.4 Å². The molecule has 5 rings (SSSR count). The lowest BCUT2D eigenvalue weighted by atomic mass is 10.2. The number of benzene rings is 2. The van der Waals surface area contributed by atoms with Gasteiger partial charge in [0.05, 0.1) is 23.5 Å². The van der Waals surface area contributed by atoms with Gasteiger partial charge in [0.15, 0.2) is 5.78 Å². The van der Waals surface area contributed by atoms with Crippen molar-refractivity contribution >= 4 is 37.6 Å². The summed E-state index contributed by atoms with van der Waals surface area (Å²) >= 11 is 6.57. The van der Waals surface area contributed by atoms with E-state index >= 15 is 0 Å². The summed E-state index contributed by atoms with van der Waals surface area (Å²) in [5.74, 6) is 0.00485. The van der Waals surface area contributed by atoms with Crippen LogP contribution >= 0.6 is 31.9 Å². The maximum atomic E-state index is 11.3. The number of aliphatic hydroxyl groups excluding tert-OH is 1. The zero-order valence-corrected chi connectivity index (χ0v) is 23.8. The Morgan fingerprint density at radius 2 is 1.33 bits per heavy atom. The van der Waals surface area contributed by atoms with Gasteiger partial charge in [0.25, 0.3) is 0 Å². The first-order chi connectivity index (χ1) is 17.3. The first kappa shape index (κ1) is 28.0. The number of aromatic nitrogens is 4. The zero-order chi connectivity index (χ0) is 26.1. The van der Waals surface area contributed by atoms with Crippen molar-refractivity contribution in [3.05, 3.63) is 92.4 Å². The Bertz CT molecular complexity index is 1250. The van der Waals surface area contributed by atoms with Crippen LogP contribution in [-0.4, -0.2) is 43.7 Å². The third kappa shape index (κ3) is 7.96. The average molecular weight is 618 g/mol. The van der Waals surface area contributed by atoms with Crippen molar-refractivity contribution in [2.45, 2.75) is 40.2 Å². The molecule has 1 N–H and O–H groups in total. The molecule has 0 atom stereocenters. The molecular formula is C27H30Br2N4O3.